The first-order valence-corrected chi connectivity index (χ1v) is 7.06. The van der Waals surface area contributed by atoms with Crippen molar-refractivity contribution < 1.29 is 19.3 Å². The molecule has 5 nitrogen and oxygen atoms in total. The second kappa shape index (κ2) is 7.27. The van der Waals surface area contributed by atoms with E-state index in [0.29, 0.717) is 17.2 Å². The molecule has 0 unspecified atom stereocenters. The number of phenols is 1. The van der Waals surface area contributed by atoms with Crippen molar-refractivity contribution in [2.45, 2.75) is 0 Å². The summed E-state index contributed by atoms with van der Waals surface area (Å²) in [4.78, 5) is 4.48. The molecule has 24 heavy (non-hydrogen) atoms. The molecule has 0 aliphatic carbocycles. The average Bonchev–Trinajstić information content (AvgIpc) is 2.60. The van der Waals surface area contributed by atoms with Crippen LogP contribution in [0.1, 0.15) is 0 Å². The molecule has 2 aromatic carbocycles. The van der Waals surface area contributed by atoms with Crippen molar-refractivity contribution in [3.63, 3.8) is 0 Å². The monoisotopic (exact) mass is 347 g/mol. The van der Waals surface area contributed by atoms with E-state index in [1.54, 1.807) is 38.6 Å². The lowest BCUT2D eigenvalue weighted by atomic mass is 10.0. The summed E-state index contributed by atoms with van der Waals surface area (Å²) >= 11 is 0. The average molecular weight is 348 g/mol. The third kappa shape index (κ3) is 3.03. The van der Waals surface area contributed by atoms with Gasteiger partial charge in [-0.05, 0) is 41.8 Å². The zero-order chi connectivity index (χ0) is 16.4. The Bertz CT molecular complexity index is 867. The number of rotatable bonds is 4. The Hall–Kier alpha value is -2.66. The predicted octanol–water partition coefficient (Wildman–Crippen LogP) is 4.06. The molecule has 0 atom stereocenters. The lowest BCUT2D eigenvalue weighted by molar-refractivity contribution is 0.356. The van der Waals surface area contributed by atoms with Gasteiger partial charge in [0.1, 0.15) is 0 Å². The number of hydrogen-bond donors (Lipinski definition) is 1. The fourth-order valence-corrected chi connectivity index (χ4v) is 2.55. The quantitative estimate of drug-likeness (QED) is 0.771. The van der Waals surface area contributed by atoms with E-state index in [1.165, 1.54) is 7.11 Å². The van der Waals surface area contributed by atoms with E-state index in [1.807, 2.05) is 18.2 Å². The van der Waals surface area contributed by atoms with Gasteiger partial charge in [0.15, 0.2) is 23.0 Å². The van der Waals surface area contributed by atoms with Gasteiger partial charge in [0.2, 0.25) is 0 Å². The first-order valence-electron chi connectivity index (χ1n) is 7.06. The molecule has 0 aliphatic heterocycles. The van der Waals surface area contributed by atoms with Crippen LogP contribution >= 0.6 is 12.4 Å². The third-order valence-electron chi connectivity index (χ3n) is 3.72. The van der Waals surface area contributed by atoms with E-state index in [4.69, 9.17) is 14.2 Å². The highest BCUT2D eigenvalue weighted by Crippen LogP contribution is 2.38. The molecule has 1 heterocycles. The Morgan fingerprint density at radius 3 is 2.17 bits per heavy atom. The second-order valence-corrected chi connectivity index (χ2v) is 4.97. The van der Waals surface area contributed by atoms with Crippen LogP contribution in [0.25, 0.3) is 22.0 Å². The van der Waals surface area contributed by atoms with E-state index < -0.39 is 0 Å². The summed E-state index contributed by atoms with van der Waals surface area (Å²) in [5.74, 6) is 1.80. The number of phenolic OH excluding ortho intramolecular Hbond substituents is 1. The minimum absolute atomic E-state index is 0. The summed E-state index contributed by atoms with van der Waals surface area (Å²) < 4.78 is 15.9. The van der Waals surface area contributed by atoms with Gasteiger partial charge < -0.3 is 19.3 Å². The number of hydrogen-bond acceptors (Lipinski definition) is 5. The Labute approximate surface area is 146 Å². The molecule has 1 aromatic heterocycles. The molecule has 0 aliphatic rings. The van der Waals surface area contributed by atoms with Crippen LogP contribution in [-0.2, 0) is 0 Å². The standard InChI is InChI=1S/C18H17NO4.ClH/c1-21-15-9-12(4-5-14(15)20)18-13-10-17(23-3)16(22-2)8-11(13)6-7-19-18;/h4-10,20H,1-3H3;1H. The lowest BCUT2D eigenvalue weighted by Crippen LogP contribution is -1.93. The molecule has 0 fully saturated rings. The van der Waals surface area contributed by atoms with Gasteiger partial charge in [-0.1, -0.05) is 0 Å². The van der Waals surface area contributed by atoms with Gasteiger partial charge in [0.25, 0.3) is 0 Å². The summed E-state index contributed by atoms with van der Waals surface area (Å²) in [7, 11) is 4.73. The first-order chi connectivity index (χ1) is 11.2. The lowest BCUT2D eigenvalue weighted by Gasteiger charge is -2.12. The Morgan fingerprint density at radius 2 is 1.50 bits per heavy atom. The zero-order valence-electron chi connectivity index (χ0n) is 13.6. The Balaban J connectivity index is 0.00000208. The normalized spacial score (nSPS) is 10.1. The zero-order valence-corrected chi connectivity index (χ0v) is 14.4. The summed E-state index contributed by atoms with van der Waals surface area (Å²) in [5.41, 5.74) is 1.62. The van der Waals surface area contributed by atoms with Gasteiger partial charge >= 0.3 is 0 Å². The van der Waals surface area contributed by atoms with Crippen LogP contribution in [0, 0.1) is 0 Å². The number of nitrogens with zero attached hydrogens (tertiary/aromatic N) is 1. The maximum atomic E-state index is 9.76. The van der Waals surface area contributed by atoms with E-state index in [2.05, 4.69) is 4.98 Å². The smallest absolute Gasteiger partial charge is 0.161 e. The van der Waals surface area contributed by atoms with Crippen molar-refractivity contribution in [1.82, 2.24) is 4.98 Å². The van der Waals surface area contributed by atoms with E-state index >= 15 is 0 Å². The van der Waals surface area contributed by atoms with Gasteiger partial charge in [-0.25, -0.2) is 0 Å². The number of aromatic nitrogens is 1. The number of fused-ring (bicyclic) bond motifs is 1. The van der Waals surface area contributed by atoms with Crippen molar-refractivity contribution in [2.24, 2.45) is 0 Å². The summed E-state index contributed by atoms with van der Waals surface area (Å²) in [6.07, 6.45) is 1.74. The van der Waals surface area contributed by atoms with E-state index in [9.17, 15) is 5.11 Å². The molecule has 0 spiro atoms. The molecular formula is C18H18ClNO4. The topological polar surface area (TPSA) is 60.8 Å². The molecule has 0 saturated heterocycles. The highest BCUT2D eigenvalue weighted by molar-refractivity contribution is 5.96. The second-order valence-electron chi connectivity index (χ2n) is 4.97. The van der Waals surface area contributed by atoms with Crippen molar-refractivity contribution in [1.29, 1.82) is 0 Å². The Kier molecular flexibility index (Phi) is 5.36. The van der Waals surface area contributed by atoms with E-state index in [0.717, 1.165) is 22.0 Å². The van der Waals surface area contributed by atoms with Crippen LogP contribution in [0.3, 0.4) is 0 Å². The highest BCUT2D eigenvalue weighted by atomic mass is 35.5. The fraction of sp³-hybridized carbons (Fsp3) is 0.167. The number of pyridine rings is 1. The number of methoxy groups -OCH3 is 3. The molecule has 3 rings (SSSR count). The maximum absolute atomic E-state index is 9.76. The Morgan fingerprint density at radius 1 is 0.833 bits per heavy atom. The number of aromatic hydroxyl groups is 1. The third-order valence-corrected chi connectivity index (χ3v) is 3.72. The summed E-state index contributed by atoms with van der Waals surface area (Å²) in [6, 6.07) is 10.9. The van der Waals surface area contributed by atoms with E-state index in [-0.39, 0.29) is 18.2 Å². The van der Waals surface area contributed by atoms with Crippen molar-refractivity contribution in [3.05, 3.63) is 42.6 Å². The van der Waals surface area contributed by atoms with Crippen LogP contribution in [0.15, 0.2) is 42.6 Å². The molecular weight excluding hydrogens is 330 g/mol. The minimum Gasteiger partial charge on any atom is -0.504 e. The number of ether oxygens (including phenoxy) is 3. The molecule has 0 radical (unpaired) electrons. The number of halogens is 1. The van der Waals surface area contributed by atoms with Gasteiger partial charge in [0.05, 0.1) is 27.0 Å². The maximum Gasteiger partial charge on any atom is 0.161 e. The molecule has 3 aromatic rings. The molecule has 126 valence electrons. The van der Waals surface area contributed by atoms with Crippen LogP contribution in [0.2, 0.25) is 0 Å². The highest BCUT2D eigenvalue weighted by Gasteiger charge is 2.12. The minimum atomic E-state index is 0. The molecule has 0 bridgehead atoms. The van der Waals surface area contributed by atoms with Gasteiger partial charge in [-0.2, -0.15) is 0 Å². The van der Waals surface area contributed by atoms with Crippen molar-refractivity contribution in [2.75, 3.05) is 21.3 Å². The summed E-state index contributed by atoms with van der Waals surface area (Å²) in [5, 5.41) is 11.7. The van der Waals surface area contributed by atoms with Gasteiger partial charge in [-0.15, -0.1) is 12.4 Å². The van der Waals surface area contributed by atoms with Crippen LogP contribution in [0.5, 0.6) is 23.0 Å². The molecule has 0 saturated carbocycles. The van der Waals surface area contributed by atoms with Crippen LogP contribution in [-0.4, -0.2) is 31.4 Å². The molecule has 0 amide bonds. The largest absolute Gasteiger partial charge is 0.504 e. The predicted molar refractivity (Wildman–Crippen MR) is 95.7 cm³/mol. The van der Waals surface area contributed by atoms with Gasteiger partial charge in [0, 0.05) is 17.1 Å². The van der Waals surface area contributed by atoms with Gasteiger partial charge in [-0.3, -0.25) is 4.98 Å². The van der Waals surface area contributed by atoms with Crippen LogP contribution in [0.4, 0.5) is 0 Å². The number of benzene rings is 2. The van der Waals surface area contributed by atoms with Crippen molar-refractivity contribution >= 4 is 23.2 Å². The summed E-state index contributed by atoms with van der Waals surface area (Å²) in [6.45, 7) is 0. The van der Waals surface area contributed by atoms with Crippen LogP contribution < -0.4 is 14.2 Å². The molecule has 6 heteroatoms. The SMILES string of the molecule is COc1cc(-c2nccc3cc(OC)c(OC)cc23)ccc1O.Cl. The fourth-order valence-electron chi connectivity index (χ4n) is 2.55. The molecule has 1 N–H and O–H groups in total. The first kappa shape index (κ1) is 17.7. The van der Waals surface area contributed by atoms with Crippen molar-refractivity contribution in [3.8, 4) is 34.3 Å².